The van der Waals surface area contributed by atoms with E-state index in [9.17, 15) is 0 Å². The molecule has 2 heterocycles. The van der Waals surface area contributed by atoms with E-state index in [1.807, 2.05) is 0 Å². The maximum atomic E-state index is 6.29. The average Bonchev–Trinajstić information content (AvgIpc) is 2.56. The lowest BCUT2D eigenvalue weighted by atomic mass is 9.81. The third-order valence-corrected chi connectivity index (χ3v) is 4.06. The van der Waals surface area contributed by atoms with Gasteiger partial charge in [-0.15, -0.1) is 0 Å². The SMILES string of the molecule is CC1=C(O[Si](C)(C)C)C(C)(C)C2C=CC1O2. The van der Waals surface area contributed by atoms with Crippen molar-refractivity contribution < 1.29 is 9.16 Å². The zero-order valence-electron chi connectivity index (χ0n) is 11.1. The van der Waals surface area contributed by atoms with Crippen LogP contribution >= 0.6 is 0 Å². The zero-order valence-corrected chi connectivity index (χ0v) is 12.1. The largest absolute Gasteiger partial charge is 0.547 e. The zero-order chi connectivity index (χ0) is 12.1. The van der Waals surface area contributed by atoms with Crippen LogP contribution < -0.4 is 0 Å². The Morgan fingerprint density at radius 1 is 1.25 bits per heavy atom. The quantitative estimate of drug-likeness (QED) is 0.542. The van der Waals surface area contributed by atoms with Crippen LogP contribution in [-0.2, 0) is 9.16 Å². The Kier molecular flexibility index (Phi) is 2.59. The molecule has 2 rings (SSSR count). The van der Waals surface area contributed by atoms with Crippen LogP contribution in [-0.4, -0.2) is 20.5 Å². The molecule has 2 bridgehead atoms. The first-order valence-electron chi connectivity index (χ1n) is 5.96. The third-order valence-electron chi connectivity index (χ3n) is 3.24. The topological polar surface area (TPSA) is 18.5 Å². The Hall–Kier alpha value is -0.543. The van der Waals surface area contributed by atoms with Crippen molar-refractivity contribution in [2.45, 2.75) is 52.6 Å². The maximum absolute atomic E-state index is 6.29. The molecular formula is C13H22O2Si. The van der Waals surface area contributed by atoms with Gasteiger partial charge < -0.3 is 9.16 Å². The van der Waals surface area contributed by atoms with Gasteiger partial charge in [-0.3, -0.25) is 0 Å². The summed E-state index contributed by atoms with van der Waals surface area (Å²) in [6, 6.07) is 0. The molecule has 0 radical (unpaired) electrons. The van der Waals surface area contributed by atoms with Crippen molar-refractivity contribution in [2.24, 2.45) is 5.41 Å². The van der Waals surface area contributed by atoms with Crippen LogP contribution in [0.15, 0.2) is 23.5 Å². The molecular weight excluding hydrogens is 216 g/mol. The summed E-state index contributed by atoms with van der Waals surface area (Å²) in [6.45, 7) is 13.2. The second kappa shape index (κ2) is 3.47. The van der Waals surface area contributed by atoms with E-state index in [0.717, 1.165) is 5.76 Å². The van der Waals surface area contributed by atoms with Gasteiger partial charge in [-0.2, -0.15) is 0 Å². The normalized spacial score (nSPS) is 32.1. The summed E-state index contributed by atoms with van der Waals surface area (Å²) in [4.78, 5) is 0. The van der Waals surface area contributed by atoms with Crippen molar-refractivity contribution in [1.29, 1.82) is 0 Å². The van der Waals surface area contributed by atoms with Gasteiger partial charge in [0.15, 0.2) is 0 Å². The molecule has 90 valence electrons. The number of hydrogen-bond acceptors (Lipinski definition) is 2. The predicted molar refractivity (Wildman–Crippen MR) is 68.7 cm³/mol. The van der Waals surface area contributed by atoms with Crippen molar-refractivity contribution in [1.82, 2.24) is 0 Å². The van der Waals surface area contributed by atoms with E-state index in [1.54, 1.807) is 0 Å². The van der Waals surface area contributed by atoms with E-state index >= 15 is 0 Å². The molecule has 2 unspecified atom stereocenters. The summed E-state index contributed by atoms with van der Waals surface area (Å²) >= 11 is 0. The molecule has 0 amide bonds. The van der Waals surface area contributed by atoms with E-state index in [1.165, 1.54) is 5.57 Å². The summed E-state index contributed by atoms with van der Waals surface area (Å²) in [7, 11) is -1.55. The average molecular weight is 238 g/mol. The number of hydrogen-bond donors (Lipinski definition) is 0. The van der Waals surface area contributed by atoms with Gasteiger partial charge in [0, 0.05) is 0 Å². The highest BCUT2D eigenvalue weighted by Gasteiger charge is 2.45. The highest BCUT2D eigenvalue weighted by molar-refractivity contribution is 6.70. The van der Waals surface area contributed by atoms with Crippen molar-refractivity contribution >= 4 is 8.32 Å². The first-order valence-corrected chi connectivity index (χ1v) is 9.37. The van der Waals surface area contributed by atoms with Crippen LogP contribution in [0.2, 0.25) is 19.6 Å². The fraction of sp³-hybridized carbons (Fsp3) is 0.692. The molecule has 2 nitrogen and oxygen atoms in total. The number of fused-ring (bicyclic) bond motifs is 2. The third kappa shape index (κ3) is 1.87. The van der Waals surface area contributed by atoms with Crippen LogP contribution in [0.25, 0.3) is 0 Å². The number of rotatable bonds is 2. The smallest absolute Gasteiger partial charge is 0.241 e. The van der Waals surface area contributed by atoms with Gasteiger partial charge in [0.05, 0.1) is 17.3 Å². The van der Waals surface area contributed by atoms with Crippen molar-refractivity contribution in [3.8, 4) is 0 Å². The van der Waals surface area contributed by atoms with E-state index in [2.05, 4.69) is 52.6 Å². The monoisotopic (exact) mass is 238 g/mol. The second-order valence-corrected chi connectivity index (χ2v) is 10.7. The van der Waals surface area contributed by atoms with E-state index in [0.29, 0.717) is 0 Å². The molecule has 0 spiro atoms. The molecule has 2 atom stereocenters. The van der Waals surface area contributed by atoms with Gasteiger partial charge in [-0.05, 0) is 46.0 Å². The minimum atomic E-state index is -1.55. The fourth-order valence-corrected chi connectivity index (χ4v) is 3.43. The summed E-state index contributed by atoms with van der Waals surface area (Å²) < 4.78 is 12.2. The summed E-state index contributed by atoms with van der Waals surface area (Å²) in [5.74, 6) is 1.16. The molecule has 2 aliphatic heterocycles. The van der Waals surface area contributed by atoms with E-state index < -0.39 is 8.32 Å². The first kappa shape index (κ1) is 11.9. The standard InChI is InChI=1S/C13H22O2Si/c1-9-10-7-8-11(14-10)13(2,3)12(9)15-16(4,5)6/h7-8,10-11H,1-6H3. The minimum absolute atomic E-state index is 0.0339. The molecule has 0 aromatic rings. The molecule has 0 aromatic carbocycles. The van der Waals surface area contributed by atoms with Gasteiger partial charge in [0.1, 0.15) is 6.10 Å². The molecule has 3 heteroatoms. The van der Waals surface area contributed by atoms with Crippen LogP contribution in [0.1, 0.15) is 20.8 Å². The van der Waals surface area contributed by atoms with Crippen LogP contribution in [0.3, 0.4) is 0 Å². The molecule has 0 aromatic heterocycles. The molecule has 16 heavy (non-hydrogen) atoms. The lowest BCUT2D eigenvalue weighted by molar-refractivity contribution is -0.0170. The fourth-order valence-electron chi connectivity index (χ4n) is 2.39. The van der Waals surface area contributed by atoms with Gasteiger partial charge in [0.2, 0.25) is 8.32 Å². The molecule has 2 aliphatic rings. The number of ether oxygens (including phenoxy) is 1. The molecule has 0 aliphatic carbocycles. The van der Waals surface area contributed by atoms with Crippen LogP contribution in [0, 0.1) is 5.41 Å². The van der Waals surface area contributed by atoms with Crippen LogP contribution in [0.4, 0.5) is 0 Å². The van der Waals surface area contributed by atoms with Gasteiger partial charge >= 0.3 is 0 Å². The Bertz CT molecular complexity index is 361. The van der Waals surface area contributed by atoms with Gasteiger partial charge in [0.25, 0.3) is 0 Å². The molecule has 0 saturated heterocycles. The Balaban J connectivity index is 2.38. The van der Waals surface area contributed by atoms with Crippen molar-refractivity contribution in [3.05, 3.63) is 23.5 Å². The first-order chi connectivity index (χ1) is 7.22. The summed E-state index contributed by atoms with van der Waals surface area (Å²) in [5, 5.41) is 0. The molecule has 0 fully saturated rings. The lowest BCUT2D eigenvalue weighted by Gasteiger charge is -2.41. The van der Waals surface area contributed by atoms with Crippen molar-refractivity contribution in [2.75, 3.05) is 0 Å². The van der Waals surface area contributed by atoms with E-state index in [4.69, 9.17) is 9.16 Å². The minimum Gasteiger partial charge on any atom is -0.547 e. The predicted octanol–water partition coefficient (Wildman–Crippen LogP) is 3.48. The summed E-state index contributed by atoms with van der Waals surface area (Å²) in [5.41, 5.74) is 1.21. The van der Waals surface area contributed by atoms with Gasteiger partial charge in [-0.25, -0.2) is 0 Å². The van der Waals surface area contributed by atoms with Crippen LogP contribution in [0.5, 0.6) is 0 Å². The maximum Gasteiger partial charge on any atom is 0.241 e. The molecule has 0 saturated carbocycles. The Labute approximate surface area is 99.5 Å². The lowest BCUT2D eigenvalue weighted by Crippen LogP contribution is -2.42. The van der Waals surface area contributed by atoms with Crippen molar-refractivity contribution in [3.63, 3.8) is 0 Å². The van der Waals surface area contributed by atoms with Gasteiger partial charge in [-0.1, -0.05) is 12.2 Å². The Morgan fingerprint density at radius 3 is 2.44 bits per heavy atom. The highest BCUT2D eigenvalue weighted by Crippen LogP contribution is 2.45. The molecule has 0 N–H and O–H groups in total. The highest BCUT2D eigenvalue weighted by atomic mass is 28.4. The Morgan fingerprint density at radius 2 is 1.88 bits per heavy atom. The second-order valence-electron chi connectivity index (χ2n) is 6.31. The summed E-state index contributed by atoms with van der Waals surface area (Å²) in [6.07, 6.45) is 4.65. The van der Waals surface area contributed by atoms with E-state index in [-0.39, 0.29) is 17.6 Å².